The summed E-state index contributed by atoms with van der Waals surface area (Å²) >= 11 is 0. The van der Waals surface area contributed by atoms with E-state index in [2.05, 4.69) is 66.0 Å². The molecule has 4 aromatic rings. The molecular weight excluding hydrogens is 586 g/mol. The predicted octanol–water partition coefficient (Wildman–Crippen LogP) is 6.71. The van der Waals surface area contributed by atoms with E-state index in [-0.39, 0.29) is 11.6 Å². The Bertz CT molecular complexity index is 1780. The first-order chi connectivity index (χ1) is 21.0. The Balaban J connectivity index is 1.70. The van der Waals surface area contributed by atoms with E-state index in [4.69, 9.17) is 24.4 Å². The van der Waals surface area contributed by atoms with E-state index in [1.54, 1.807) is 32.8 Å². The number of methoxy groups -OCH3 is 2. The lowest BCUT2D eigenvalue weighted by Gasteiger charge is -2.36. The number of pyridine rings is 3. The average molecular weight is 630 g/mol. The quantitative estimate of drug-likeness (QED) is 0.130. The zero-order chi connectivity index (χ0) is 33.2. The Labute approximate surface area is 266 Å². The van der Waals surface area contributed by atoms with Crippen LogP contribution in [0.5, 0.6) is 11.5 Å². The first-order valence-corrected chi connectivity index (χ1v) is 17.6. The van der Waals surface area contributed by atoms with Gasteiger partial charge in [-0.2, -0.15) is 0 Å². The Morgan fingerprint density at radius 2 is 1.64 bits per heavy atom. The lowest BCUT2D eigenvalue weighted by atomic mass is 10.0. The van der Waals surface area contributed by atoms with Crippen LogP contribution in [0.2, 0.25) is 18.1 Å². The molecule has 0 aliphatic heterocycles. The number of rotatable bonds is 7. The molecule has 0 radical (unpaired) electrons. The van der Waals surface area contributed by atoms with Gasteiger partial charge in [-0.3, -0.25) is 9.97 Å². The number of anilines is 1. The summed E-state index contributed by atoms with van der Waals surface area (Å²) in [5.74, 6) is 7.83. The number of hydrogen-bond donors (Lipinski definition) is 2. The smallest absolute Gasteiger partial charge is 0.408 e. The first-order valence-electron chi connectivity index (χ1n) is 14.7. The summed E-state index contributed by atoms with van der Waals surface area (Å²) in [5.41, 5.74) is 8.51. The van der Waals surface area contributed by atoms with Gasteiger partial charge in [0.25, 0.3) is 0 Å². The van der Waals surface area contributed by atoms with Gasteiger partial charge in [-0.25, -0.2) is 9.78 Å². The average Bonchev–Trinajstić information content (AvgIpc) is 2.96. The molecule has 0 aliphatic rings. The highest BCUT2D eigenvalue weighted by atomic mass is 28.4. The van der Waals surface area contributed by atoms with Crippen LogP contribution in [-0.2, 0) is 9.16 Å². The van der Waals surface area contributed by atoms with Crippen LogP contribution in [0.25, 0.3) is 32.9 Å². The number of nitrogens with two attached hydrogens (primary N) is 1. The fraction of sp³-hybridized carbons (Fsp3) is 0.412. The minimum atomic E-state index is -2.10. The zero-order valence-electron chi connectivity index (χ0n) is 27.8. The molecule has 238 valence electrons. The van der Waals surface area contributed by atoms with Crippen LogP contribution in [0.1, 0.15) is 47.1 Å². The van der Waals surface area contributed by atoms with Crippen LogP contribution in [-0.4, -0.2) is 61.8 Å². The summed E-state index contributed by atoms with van der Waals surface area (Å²) < 4.78 is 22.9. The van der Waals surface area contributed by atoms with Gasteiger partial charge in [0.15, 0.2) is 19.8 Å². The van der Waals surface area contributed by atoms with Crippen molar-refractivity contribution in [2.45, 2.75) is 71.3 Å². The fourth-order valence-corrected chi connectivity index (χ4v) is 5.32. The molecule has 3 aromatic heterocycles. The van der Waals surface area contributed by atoms with Crippen molar-refractivity contribution in [1.82, 2.24) is 20.3 Å². The number of amides is 1. The monoisotopic (exact) mass is 629 g/mol. The number of fused-ring (bicyclic) bond motifs is 3. The van der Waals surface area contributed by atoms with E-state index in [0.29, 0.717) is 28.6 Å². The van der Waals surface area contributed by atoms with Crippen LogP contribution >= 0.6 is 0 Å². The number of ether oxygens (including phenoxy) is 3. The molecule has 45 heavy (non-hydrogen) atoms. The third-order valence-electron chi connectivity index (χ3n) is 7.75. The highest BCUT2D eigenvalue weighted by Crippen LogP contribution is 2.38. The van der Waals surface area contributed by atoms with Crippen LogP contribution in [0.15, 0.2) is 42.9 Å². The number of nitrogens with one attached hydrogen (secondary N) is 1. The molecule has 0 saturated heterocycles. The second-order valence-electron chi connectivity index (χ2n) is 13.3. The third-order valence-corrected chi connectivity index (χ3v) is 12.2. The van der Waals surface area contributed by atoms with E-state index in [1.165, 1.54) is 0 Å². The Hall–Kier alpha value is -4.40. The van der Waals surface area contributed by atoms with Gasteiger partial charge < -0.3 is 29.7 Å². The Morgan fingerprint density at radius 1 is 0.956 bits per heavy atom. The number of nitrogens with zero attached hydrogens (tertiary/aromatic N) is 3. The Morgan fingerprint density at radius 3 is 2.29 bits per heavy atom. The topological polar surface area (TPSA) is 131 Å². The molecule has 1 aromatic carbocycles. The molecule has 0 aliphatic carbocycles. The van der Waals surface area contributed by atoms with E-state index < -0.39 is 26.1 Å². The van der Waals surface area contributed by atoms with Crippen LogP contribution in [0.3, 0.4) is 0 Å². The molecule has 0 fully saturated rings. The van der Waals surface area contributed by atoms with Gasteiger partial charge in [0, 0.05) is 46.6 Å². The third kappa shape index (κ3) is 8.01. The standard InChI is InChI=1S/C34H43N5O5Si/c1-33(2,3)44-32(40)38-23(20-43-45(9,10)34(4,5)6)12-11-21-13-22(18-36-17-21)27-14-24-25-15-29(41-7)30(42-8)16-28(25)37-19-26(24)31(35)39-27/h13-19,23H,20H2,1-10H3,(H2,35,39)(H,38,40)/t23-/m1/s1. The maximum atomic E-state index is 12.7. The van der Waals surface area contributed by atoms with Gasteiger partial charge in [0.2, 0.25) is 0 Å². The predicted molar refractivity (Wildman–Crippen MR) is 181 cm³/mol. The maximum absolute atomic E-state index is 12.7. The molecule has 0 unspecified atom stereocenters. The number of aromatic nitrogens is 3. The second-order valence-corrected chi connectivity index (χ2v) is 18.1. The van der Waals surface area contributed by atoms with E-state index >= 15 is 0 Å². The normalized spacial score (nSPS) is 12.8. The zero-order valence-corrected chi connectivity index (χ0v) is 28.8. The summed E-state index contributed by atoms with van der Waals surface area (Å²) in [5, 5.41) is 5.30. The minimum absolute atomic E-state index is 0.00242. The van der Waals surface area contributed by atoms with Crippen molar-refractivity contribution in [2.24, 2.45) is 0 Å². The van der Waals surface area contributed by atoms with Crippen molar-refractivity contribution in [3.63, 3.8) is 0 Å². The van der Waals surface area contributed by atoms with Gasteiger partial charge >= 0.3 is 6.09 Å². The molecule has 4 rings (SSSR count). The van der Waals surface area contributed by atoms with E-state index in [1.807, 2.05) is 45.0 Å². The van der Waals surface area contributed by atoms with Crippen molar-refractivity contribution in [3.8, 4) is 34.6 Å². The van der Waals surface area contributed by atoms with Crippen molar-refractivity contribution < 1.29 is 23.4 Å². The van der Waals surface area contributed by atoms with Gasteiger partial charge in [-0.1, -0.05) is 32.6 Å². The maximum Gasteiger partial charge on any atom is 0.408 e. The molecular formula is C34H43N5O5Si. The molecule has 11 heteroatoms. The lowest BCUT2D eigenvalue weighted by Crippen LogP contribution is -2.46. The number of carbonyl (C=O) groups is 1. The first kappa shape index (κ1) is 33.5. The van der Waals surface area contributed by atoms with E-state index in [0.717, 1.165) is 27.2 Å². The number of carbonyl (C=O) groups excluding carboxylic acids is 1. The summed E-state index contributed by atoms with van der Waals surface area (Å²) in [6, 6.07) is 6.96. The molecule has 10 nitrogen and oxygen atoms in total. The summed E-state index contributed by atoms with van der Waals surface area (Å²) in [6.07, 6.45) is 4.53. The summed E-state index contributed by atoms with van der Waals surface area (Å²) in [7, 11) is 1.08. The fourth-order valence-electron chi connectivity index (χ4n) is 4.30. The van der Waals surface area contributed by atoms with Gasteiger partial charge in [-0.05, 0) is 62.5 Å². The summed E-state index contributed by atoms with van der Waals surface area (Å²) in [4.78, 5) is 26.3. The molecule has 1 amide bonds. The van der Waals surface area contributed by atoms with Crippen molar-refractivity contribution in [3.05, 3.63) is 48.4 Å². The SMILES string of the molecule is COc1cc2ncc3c(N)nc(-c4cncc(C#C[C@H](CO[Si](C)(C)C(C)(C)C)NC(=O)OC(C)(C)C)c4)cc3c2cc1OC. The van der Waals surface area contributed by atoms with Gasteiger partial charge in [-0.15, -0.1) is 0 Å². The van der Waals surface area contributed by atoms with Crippen molar-refractivity contribution in [2.75, 3.05) is 26.6 Å². The van der Waals surface area contributed by atoms with Gasteiger partial charge in [0.05, 0.1) is 32.0 Å². The second kappa shape index (κ2) is 12.9. The number of alkyl carbamates (subject to hydrolysis) is 1. The van der Waals surface area contributed by atoms with Crippen molar-refractivity contribution in [1.29, 1.82) is 0 Å². The van der Waals surface area contributed by atoms with Crippen molar-refractivity contribution >= 4 is 41.9 Å². The molecule has 0 bridgehead atoms. The highest BCUT2D eigenvalue weighted by molar-refractivity contribution is 6.74. The number of hydrogen-bond acceptors (Lipinski definition) is 9. The lowest BCUT2D eigenvalue weighted by molar-refractivity contribution is 0.0502. The van der Waals surface area contributed by atoms with Crippen LogP contribution < -0.4 is 20.5 Å². The number of benzene rings is 1. The molecule has 3 heterocycles. The molecule has 3 N–H and O–H groups in total. The Kier molecular flexibility index (Phi) is 9.61. The summed E-state index contributed by atoms with van der Waals surface area (Å²) in [6.45, 7) is 16.5. The van der Waals surface area contributed by atoms with Crippen LogP contribution in [0.4, 0.5) is 10.6 Å². The molecule has 1 atom stereocenters. The van der Waals surface area contributed by atoms with Gasteiger partial charge in [0.1, 0.15) is 17.5 Å². The van der Waals surface area contributed by atoms with Crippen LogP contribution in [0, 0.1) is 11.8 Å². The van der Waals surface area contributed by atoms with E-state index in [9.17, 15) is 4.79 Å². The minimum Gasteiger partial charge on any atom is -0.493 e. The number of nitrogen functional groups attached to an aromatic ring is 1. The largest absolute Gasteiger partial charge is 0.493 e. The highest BCUT2D eigenvalue weighted by Gasteiger charge is 2.37. The molecule has 0 spiro atoms. The molecule has 0 saturated carbocycles.